The Morgan fingerprint density at radius 1 is 0.636 bits per heavy atom. The van der Waals surface area contributed by atoms with Crippen molar-refractivity contribution in [2.75, 3.05) is 0 Å². The molecule has 0 unspecified atom stereocenters. The molecular weight excluding hydrogens is 442 g/mol. The van der Waals surface area contributed by atoms with Crippen LogP contribution in [-0.4, -0.2) is 12.5 Å². The molecule has 178 valence electrons. The summed E-state index contributed by atoms with van der Waals surface area (Å²) in [6.45, 7) is 27.7. The van der Waals surface area contributed by atoms with E-state index < -0.39 is 15.6 Å². The minimum atomic E-state index is -0.644. The van der Waals surface area contributed by atoms with Crippen LogP contribution in [0.3, 0.4) is 0 Å². The summed E-state index contributed by atoms with van der Waals surface area (Å²) in [6, 6.07) is 9.33. The maximum absolute atomic E-state index is 2.81. The predicted octanol–water partition coefficient (Wildman–Crippen LogP) is 8.00. The van der Waals surface area contributed by atoms with Gasteiger partial charge in [0.1, 0.15) is 11.4 Å². The van der Waals surface area contributed by atoms with Gasteiger partial charge in [-0.2, -0.15) is 16.8 Å². The summed E-state index contributed by atoms with van der Waals surface area (Å²) in [6.07, 6.45) is 2.44. The molecule has 0 radical (unpaired) electrons. The van der Waals surface area contributed by atoms with Crippen molar-refractivity contribution in [3.63, 3.8) is 0 Å². The van der Waals surface area contributed by atoms with Crippen molar-refractivity contribution < 1.29 is 4.33 Å². The van der Waals surface area contributed by atoms with E-state index in [1.165, 1.54) is 44.8 Å². The van der Waals surface area contributed by atoms with Gasteiger partial charge in [0.2, 0.25) is 0 Å². The van der Waals surface area contributed by atoms with Gasteiger partial charge in [-0.25, -0.2) is 0 Å². The first kappa shape index (κ1) is 24.2. The third-order valence-corrected chi connectivity index (χ3v) is 13.3. The highest BCUT2D eigenvalue weighted by Crippen LogP contribution is 2.52. The second kappa shape index (κ2) is 7.82. The van der Waals surface area contributed by atoms with Crippen LogP contribution < -0.4 is 4.33 Å². The molecule has 2 aromatic carbocycles. The van der Waals surface area contributed by atoms with E-state index in [1.54, 1.807) is 0 Å². The Bertz CT molecular complexity index is 1220. The van der Waals surface area contributed by atoms with E-state index in [0.29, 0.717) is 0 Å². The molecule has 5 rings (SSSR count). The standard InChI is InChI=1S/C27H41N4P2/c1-18-13-20(3)24(21(4)14-18)28-17-29(25-22(5)15-19(2)16-23(25)6)33-30(26(7,8)9)32(28)31(33)27(10,11)12/h13-17H,1-12H3/q+1. The highest BCUT2D eigenvalue weighted by Gasteiger charge is 2.42. The molecule has 0 aliphatic carbocycles. The van der Waals surface area contributed by atoms with Crippen LogP contribution in [0.5, 0.6) is 0 Å². The normalized spacial score (nSPS) is 13.9. The lowest BCUT2D eigenvalue weighted by Gasteiger charge is -2.36. The van der Waals surface area contributed by atoms with Crippen molar-refractivity contribution >= 4 is 15.6 Å². The SMILES string of the molecule is Cc1cc(C)c(-n2c[n+](-c3c(C)cc(C)cc3C)p3n(C(C)(C)C)p2n3C(C)(C)C)c(C)c1. The van der Waals surface area contributed by atoms with Crippen LogP contribution in [0, 0.1) is 41.5 Å². The fraction of sp³-hybridized carbons (Fsp3) is 0.519. The number of aryl methyl sites for hydroxylation is 6. The van der Waals surface area contributed by atoms with Gasteiger partial charge in [-0.3, -0.25) is 0 Å². The second-order valence-electron chi connectivity index (χ2n) is 11.8. The highest BCUT2D eigenvalue weighted by atomic mass is 31.2. The Labute approximate surface area is 201 Å². The van der Waals surface area contributed by atoms with Gasteiger partial charge in [0.05, 0.1) is 11.1 Å². The average molecular weight is 484 g/mol. The third kappa shape index (κ3) is 3.90. The van der Waals surface area contributed by atoms with Gasteiger partial charge in [0.25, 0.3) is 0 Å². The minimum absolute atomic E-state index is 0.0724. The molecule has 0 saturated carbocycles. The lowest BCUT2D eigenvalue weighted by Crippen LogP contribution is -2.44. The van der Waals surface area contributed by atoms with Crippen molar-refractivity contribution in [1.29, 1.82) is 0 Å². The van der Waals surface area contributed by atoms with Gasteiger partial charge in [0.15, 0.2) is 6.33 Å². The average Bonchev–Trinajstić information content (AvgIpc) is 2.56. The lowest BCUT2D eigenvalue weighted by atomic mass is 10.1. The maximum atomic E-state index is 2.81. The predicted molar refractivity (Wildman–Crippen MR) is 144 cm³/mol. The highest BCUT2D eigenvalue weighted by molar-refractivity contribution is 7.56. The summed E-state index contributed by atoms with van der Waals surface area (Å²) in [4.78, 5) is 0. The Morgan fingerprint density at radius 2 is 1.03 bits per heavy atom. The molecule has 0 aliphatic rings. The third-order valence-electron chi connectivity index (χ3n) is 6.21. The van der Waals surface area contributed by atoms with Gasteiger partial charge < -0.3 is 0 Å². The van der Waals surface area contributed by atoms with Crippen LogP contribution in [-0.2, 0) is 11.1 Å². The summed E-state index contributed by atoms with van der Waals surface area (Å²) in [7, 11) is -1.29. The van der Waals surface area contributed by atoms with Crippen LogP contribution in [0.4, 0.5) is 0 Å². The second-order valence-corrected chi connectivity index (χ2v) is 15.9. The molecule has 0 amide bonds. The Hall–Kier alpha value is -1.89. The van der Waals surface area contributed by atoms with Crippen molar-refractivity contribution in [2.45, 2.75) is 94.2 Å². The molecule has 33 heavy (non-hydrogen) atoms. The zero-order chi connectivity index (χ0) is 24.6. The van der Waals surface area contributed by atoms with E-state index in [1.807, 2.05) is 0 Å². The van der Waals surface area contributed by atoms with Gasteiger partial charge in [0, 0.05) is 0 Å². The monoisotopic (exact) mass is 483 g/mol. The fourth-order valence-corrected chi connectivity index (χ4v) is 12.5. The van der Waals surface area contributed by atoms with Crippen molar-refractivity contribution in [2.24, 2.45) is 0 Å². The molecule has 0 saturated heterocycles. The van der Waals surface area contributed by atoms with Gasteiger partial charge in [-0.1, -0.05) is 35.4 Å². The Morgan fingerprint density at radius 3 is 1.42 bits per heavy atom. The molecule has 0 fully saturated rings. The lowest BCUT2D eigenvalue weighted by molar-refractivity contribution is -0.530. The Balaban J connectivity index is 2.25. The molecule has 0 atom stereocenters. The summed E-state index contributed by atoms with van der Waals surface area (Å²) in [5.74, 6) is 0. The number of fused-ring (bicyclic) bond motifs is 2. The van der Waals surface area contributed by atoms with Crippen LogP contribution in [0.25, 0.3) is 11.4 Å². The van der Waals surface area contributed by atoms with Crippen LogP contribution >= 0.6 is 15.6 Å². The van der Waals surface area contributed by atoms with Gasteiger partial charge in [-0.15, -0.1) is 0 Å². The van der Waals surface area contributed by atoms with E-state index >= 15 is 0 Å². The number of benzene rings is 2. The molecule has 4 nitrogen and oxygen atoms in total. The fourth-order valence-electron chi connectivity index (χ4n) is 5.27. The largest absolute Gasteiger partial charge is 0.303 e. The summed E-state index contributed by atoms with van der Waals surface area (Å²) < 4.78 is 10.8. The minimum Gasteiger partial charge on any atom is -0.191 e. The van der Waals surface area contributed by atoms with E-state index in [4.69, 9.17) is 0 Å². The molecule has 5 aromatic rings. The Kier molecular flexibility index (Phi) is 5.75. The van der Waals surface area contributed by atoms with E-state index in [2.05, 4.69) is 131 Å². The number of rotatable bonds is 2. The van der Waals surface area contributed by atoms with Crippen molar-refractivity contribution in [1.82, 2.24) is 12.5 Å². The number of aromatic nitrogens is 4. The summed E-state index contributed by atoms with van der Waals surface area (Å²) in [5.41, 5.74) is 10.9. The zero-order valence-corrected chi connectivity index (χ0v) is 24.4. The maximum Gasteiger partial charge on any atom is 0.303 e. The number of nitrogens with zero attached hydrogens (tertiary/aromatic N) is 4. The van der Waals surface area contributed by atoms with Crippen molar-refractivity contribution in [3.8, 4) is 11.4 Å². The first-order valence-corrected chi connectivity index (χ1v) is 14.3. The molecule has 6 heteroatoms. The first-order valence-electron chi connectivity index (χ1n) is 11.9. The van der Waals surface area contributed by atoms with Crippen LogP contribution in [0.15, 0.2) is 30.6 Å². The molecule has 2 bridgehead atoms. The van der Waals surface area contributed by atoms with E-state index in [9.17, 15) is 0 Å². The molecule has 3 aromatic heterocycles. The van der Waals surface area contributed by atoms with Crippen LogP contribution in [0.2, 0.25) is 0 Å². The molecular formula is C27H41N4P2+. The molecule has 0 spiro atoms. The zero-order valence-electron chi connectivity index (χ0n) is 22.6. The van der Waals surface area contributed by atoms with Gasteiger partial charge >= 0.3 is 15.6 Å². The summed E-state index contributed by atoms with van der Waals surface area (Å²) in [5, 5.41) is 0. The van der Waals surface area contributed by atoms with Crippen molar-refractivity contribution in [3.05, 3.63) is 64.0 Å². The van der Waals surface area contributed by atoms with E-state index in [-0.39, 0.29) is 11.1 Å². The molecule has 0 aliphatic heterocycles. The summed E-state index contributed by atoms with van der Waals surface area (Å²) >= 11 is 0. The van der Waals surface area contributed by atoms with Crippen LogP contribution in [0.1, 0.15) is 74.9 Å². The number of hydrogen-bond donors (Lipinski definition) is 0. The molecule has 0 N–H and O–H groups in total. The number of hydrogen-bond acceptors (Lipinski definition) is 0. The molecule has 3 heterocycles. The first-order chi connectivity index (χ1) is 15.1. The quantitative estimate of drug-likeness (QED) is 0.275. The topological polar surface area (TPSA) is 18.7 Å². The van der Waals surface area contributed by atoms with Gasteiger partial charge in [-0.05, 0) is 105 Å². The smallest absolute Gasteiger partial charge is 0.191 e. The van der Waals surface area contributed by atoms with E-state index in [0.717, 1.165) is 0 Å².